The fourth-order valence-corrected chi connectivity index (χ4v) is 11.2. The molecular formula is C48H50F2N12O7S. The van der Waals surface area contributed by atoms with E-state index in [2.05, 4.69) is 34.6 Å². The average molecular weight is 977 g/mol. The summed E-state index contributed by atoms with van der Waals surface area (Å²) in [6.07, 6.45) is 0.636. The van der Waals surface area contributed by atoms with Crippen LogP contribution in [0.5, 0.6) is 11.5 Å². The zero-order valence-electron chi connectivity index (χ0n) is 38.3. The molecule has 4 aliphatic rings. The van der Waals surface area contributed by atoms with Crippen LogP contribution in [0.3, 0.4) is 0 Å². The lowest BCUT2D eigenvalue weighted by Gasteiger charge is -2.39. The number of benzene rings is 4. The van der Waals surface area contributed by atoms with Crippen LogP contribution in [0.15, 0.2) is 88.7 Å². The molecule has 4 fully saturated rings. The number of imide groups is 1. The molecule has 1 unspecified atom stereocenters. The van der Waals surface area contributed by atoms with E-state index in [-0.39, 0.29) is 60.8 Å². The smallest absolute Gasteiger partial charge is 0.329 e. The molecule has 2 atom stereocenters. The predicted molar refractivity (Wildman–Crippen MR) is 258 cm³/mol. The first-order valence-corrected chi connectivity index (χ1v) is 24.6. The molecule has 10 rings (SSSR count). The van der Waals surface area contributed by atoms with Gasteiger partial charge in [-0.25, -0.2) is 18.6 Å². The summed E-state index contributed by atoms with van der Waals surface area (Å²) in [6.45, 7) is 8.23. The van der Waals surface area contributed by atoms with E-state index in [9.17, 15) is 37.2 Å². The highest BCUT2D eigenvalue weighted by molar-refractivity contribution is 7.90. The van der Waals surface area contributed by atoms with Crippen LogP contribution in [0, 0.1) is 17.1 Å². The molecule has 2 N–H and O–H groups in total. The highest BCUT2D eigenvalue weighted by Crippen LogP contribution is 2.35. The number of hydrogen-bond donors (Lipinski definition) is 2. The fraction of sp³-hybridized carbons (Fsp3) is 0.375. The second kappa shape index (κ2) is 19.0. The lowest BCUT2D eigenvalue weighted by atomic mass is 10.1. The van der Waals surface area contributed by atoms with Gasteiger partial charge in [-0.3, -0.25) is 47.9 Å². The predicted octanol–water partition coefficient (Wildman–Crippen LogP) is 3.46. The molecule has 0 aliphatic carbocycles. The number of rotatable bonds is 12. The number of carbonyl (C=O) groups is 2. The Bertz CT molecular complexity index is 3300. The molecule has 0 radical (unpaired) electrons. The van der Waals surface area contributed by atoms with Crippen molar-refractivity contribution in [3.05, 3.63) is 111 Å². The second-order valence-electron chi connectivity index (χ2n) is 18.0. The molecule has 364 valence electrons. The van der Waals surface area contributed by atoms with E-state index in [1.165, 1.54) is 33.7 Å². The SMILES string of the molecule is Cn1c(=O)n(C2CCC(=O)NC2=O)c2cccc(N3CCN(CCN4CCN(c5ccc(-n6cnc7ccc(Oc8c(F)ccc(NS(=O)(=O)N9CC[C@@H](F)C9)c8C#N)cc7c6=O)cc5)CC4)CC3)c21. The van der Waals surface area contributed by atoms with Gasteiger partial charge < -0.3 is 14.5 Å². The first kappa shape index (κ1) is 46.5. The highest BCUT2D eigenvalue weighted by Gasteiger charge is 2.34. The summed E-state index contributed by atoms with van der Waals surface area (Å²) >= 11 is 0. The van der Waals surface area contributed by atoms with Crippen LogP contribution >= 0.6 is 0 Å². The van der Waals surface area contributed by atoms with Gasteiger partial charge in [0.15, 0.2) is 11.6 Å². The minimum atomic E-state index is -4.24. The molecule has 0 saturated carbocycles. The number of nitrogens with one attached hydrogen (secondary N) is 2. The number of anilines is 3. The maximum absolute atomic E-state index is 15.2. The Kier molecular flexibility index (Phi) is 12.6. The first-order valence-electron chi connectivity index (χ1n) is 23.2. The topological polar surface area (TPSA) is 203 Å². The molecule has 4 saturated heterocycles. The number of amides is 2. The van der Waals surface area contributed by atoms with Crippen LogP contribution in [0.1, 0.15) is 30.9 Å². The minimum absolute atomic E-state index is 0.0120. The van der Waals surface area contributed by atoms with Gasteiger partial charge in [0.05, 0.1) is 39.0 Å². The van der Waals surface area contributed by atoms with Crippen LogP contribution in [0.25, 0.3) is 27.6 Å². The summed E-state index contributed by atoms with van der Waals surface area (Å²) in [4.78, 5) is 65.9. The lowest BCUT2D eigenvalue weighted by molar-refractivity contribution is -0.135. The lowest BCUT2D eigenvalue weighted by Crippen LogP contribution is -2.51. The van der Waals surface area contributed by atoms with Crippen molar-refractivity contribution >= 4 is 61.0 Å². The van der Waals surface area contributed by atoms with Crippen LogP contribution in [-0.2, 0) is 26.8 Å². The maximum Gasteiger partial charge on any atom is 0.329 e. The summed E-state index contributed by atoms with van der Waals surface area (Å²) in [5.74, 6) is -2.24. The third-order valence-electron chi connectivity index (χ3n) is 13.8. The molecule has 2 amide bonds. The Balaban J connectivity index is 0.739. The molecule has 0 bridgehead atoms. The molecule has 70 heavy (non-hydrogen) atoms. The summed E-state index contributed by atoms with van der Waals surface area (Å²) in [5.41, 5.74) is 3.00. The Morgan fingerprint density at radius 2 is 1.56 bits per heavy atom. The van der Waals surface area contributed by atoms with Crippen molar-refractivity contribution in [3.63, 3.8) is 0 Å². The molecule has 0 spiro atoms. The molecule has 6 aromatic rings. The van der Waals surface area contributed by atoms with Gasteiger partial charge in [0, 0.05) is 97.7 Å². The average Bonchev–Trinajstić information content (AvgIpc) is 3.92. The number of imidazole rings is 1. The van der Waals surface area contributed by atoms with E-state index in [1.807, 2.05) is 42.5 Å². The molecule has 22 heteroatoms. The zero-order valence-corrected chi connectivity index (χ0v) is 39.1. The summed E-state index contributed by atoms with van der Waals surface area (Å²) in [6, 6.07) is 20.9. The number of fused-ring (bicyclic) bond motifs is 2. The number of piperidine rings is 1. The Labute approximate surface area is 400 Å². The third kappa shape index (κ3) is 8.96. The molecule has 19 nitrogen and oxygen atoms in total. The monoisotopic (exact) mass is 976 g/mol. The molecule has 4 aromatic carbocycles. The minimum Gasteiger partial charge on any atom is -0.453 e. The van der Waals surface area contributed by atoms with Crippen molar-refractivity contribution in [2.75, 3.05) is 93.1 Å². The Hall–Kier alpha value is -7.19. The van der Waals surface area contributed by atoms with Crippen LogP contribution < -0.4 is 35.8 Å². The fourth-order valence-electron chi connectivity index (χ4n) is 9.88. The van der Waals surface area contributed by atoms with Gasteiger partial charge in [0.25, 0.3) is 5.56 Å². The van der Waals surface area contributed by atoms with E-state index in [0.29, 0.717) is 16.7 Å². The largest absolute Gasteiger partial charge is 0.453 e. The second-order valence-corrected chi connectivity index (χ2v) is 19.6. The highest BCUT2D eigenvalue weighted by atomic mass is 32.2. The summed E-state index contributed by atoms with van der Waals surface area (Å²) in [7, 11) is -2.51. The van der Waals surface area contributed by atoms with Crippen molar-refractivity contribution in [2.24, 2.45) is 7.05 Å². The van der Waals surface area contributed by atoms with Gasteiger partial charge >= 0.3 is 15.9 Å². The molecule has 6 heterocycles. The van der Waals surface area contributed by atoms with Gasteiger partial charge in [0.2, 0.25) is 11.8 Å². The number of halogens is 2. The number of piperazine rings is 2. The van der Waals surface area contributed by atoms with E-state index >= 15 is 4.39 Å². The number of ether oxygens (including phenoxy) is 1. The number of para-hydroxylation sites is 1. The number of alkyl halides is 1. The number of aryl methyl sites for hydroxylation is 1. The van der Waals surface area contributed by atoms with Gasteiger partial charge in [-0.1, -0.05) is 6.07 Å². The number of nitrogens with zero attached hydrogens (tertiary/aromatic N) is 10. The van der Waals surface area contributed by atoms with Crippen molar-refractivity contribution in [3.8, 4) is 23.3 Å². The van der Waals surface area contributed by atoms with Gasteiger partial charge in [-0.2, -0.15) is 18.0 Å². The maximum atomic E-state index is 15.2. The van der Waals surface area contributed by atoms with Crippen LogP contribution in [0.4, 0.5) is 25.8 Å². The van der Waals surface area contributed by atoms with Gasteiger partial charge in [-0.15, -0.1) is 0 Å². The number of hydrogen-bond acceptors (Lipinski definition) is 13. The van der Waals surface area contributed by atoms with Crippen LogP contribution in [0.2, 0.25) is 0 Å². The summed E-state index contributed by atoms with van der Waals surface area (Å²) in [5, 5.41) is 12.5. The summed E-state index contributed by atoms with van der Waals surface area (Å²) < 4.78 is 68.3. The number of carbonyl (C=O) groups excluding carboxylic acids is 2. The Morgan fingerprint density at radius 1 is 0.857 bits per heavy atom. The van der Waals surface area contributed by atoms with Crippen molar-refractivity contribution in [1.82, 2.24) is 38.1 Å². The standard InChI is InChI=1S/C48H50F2N12O7S/c1-55-44-40(3-2-4-41(44)62(48(55)66)42-13-14-43(63)53-46(42)64)59-25-21-57(22-26-59)18-17-56-19-23-58(24-20-56)32-5-7-33(8-6-32)61-30-52-38-11-9-34(27-35(38)47(61)65)69-45-36(28-51)39(12-10-37(45)50)54-70(67,68)60-16-15-31(49)29-60/h2-12,27,30-31,42,54H,13-26,29H2,1H3,(H,53,63,64)/t31-,42?/m1/s1. The van der Waals surface area contributed by atoms with Crippen LogP contribution in [-0.4, -0.2) is 138 Å². The normalized spacial score (nSPS) is 19.7. The van der Waals surface area contributed by atoms with E-state index < -0.39 is 51.0 Å². The van der Waals surface area contributed by atoms with Crippen molar-refractivity contribution in [2.45, 2.75) is 31.5 Å². The first-order chi connectivity index (χ1) is 33.8. The molecular weight excluding hydrogens is 927 g/mol. The number of nitriles is 1. The molecule has 2 aromatic heterocycles. The van der Waals surface area contributed by atoms with Gasteiger partial charge in [0.1, 0.15) is 35.9 Å². The van der Waals surface area contributed by atoms with E-state index in [4.69, 9.17) is 4.74 Å². The molecule has 4 aliphatic heterocycles. The van der Waals surface area contributed by atoms with E-state index in [1.54, 1.807) is 17.7 Å². The van der Waals surface area contributed by atoms with Gasteiger partial charge in [-0.05, 0) is 79.6 Å². The number of aromatic nitrogens is 4. The third-order valence-corrected chi connectivity index (χ3v) is 15.2. The Morgan fingerprint density at radius 3 is 2.23 bits per heavy atom. The van der Waals surface area contributed by atoms with Crippen molar-refractivity contribution in [1.29, 1.82) is 5.26 Å². The quantitative estimate of drug-likeness (QED) is 0.169. The van der Waals surface area contributed by atoms with E-state index in [0.717, 1.165) is 98.8 Å². The zero-order chi connectivity index (χ0) is 48.8. The van der Waals surface area contributed by atoms with Crippen molar-refractivity contribution < 1.29 is 31.5 Å².